The molecule has 0 aromatic heterocycles. The lowest BCUT2D eigenvalue weighted by atomic mass is 10.2. The van der Waals surface area contributed by atoms with E-state index < -0.39 is 0 Å². The summed E-state index contributed by atoms with van der Waals surface area (Å²) in [6.07, 6.45) is 1.71. The molecule has 1 saturated heterocycles. The molecule has 0 atom stereocenters. The minimum atomic E-state index is -0.286. The minimum Gasteiger partial charge on any atom is -0.494 e. The van der Waals surface area contributed by atoms with Crippen LogP contribution in [0.5, 0.6) is 5.75 Å². The van der Waals surface area contributed by atoms with Crippen molar-refractivity contribution in [1.29, 1.82) is 0 Å². The van der Waals surface area contributed by atoms with Crippen molar-refractivity contribution in [2.45, 2.75) is 6.54 Å². The third-order valence-corrected chi connectivity index (χ3v) is 6.26. The van der Waals surface area contributed by atoms with Gasteiger partial charge in [-0.2, -0.15) is 0 Å². The molecule has 3 rings (SSSR count). The molecule has 4 nitrogen and oxygen atoms in total. The molecule has 134 valence electrons. The summed E-state index contributed by atoms with van der Waals surface area (Å²) in [4.78, 5) is 26.6. The number of rotatable bonds is 4. The quantitative estimate of drug-likeness (QED) is 0.416. The van der Waals surface area contributed by atoms with Crippen LogP contribution >= 0.6 is 59.6 Å². The second-order valence-electron chi connectivity index (χ2n) is 5.41. The van der Waals surface area contributed by atoms with E-state index in [1.54, 1.807) is 13.2 Å². The lowest BCUT2D eigenvalue weighted by molar-refractivity contribution is -0.123. The summed E-state index contributed by atoms with van der Waals surface area (Å²) < 4.78 is 7.75. The number of ether oxygens (including phenoxy) is 1. The van der Waals surface area contributed by atoms with E-state index in [9.17, 15) is 9.59 Å². The van der Waals surface area contributed by atoms with Crippen LogP contribution < -0.4 is 4.74 Å². The maximum absolute atomic E-state index is 12.6. The zero-order chi connectivity index (χ0) is 18.8. The number of imide groups is 1. The van der Waals surface area contributed by atoms with E-state index in [0.29, 0.717) is 10.7 Å². The van der Waals surface area contributed by atoms with Gasteiger partial charge in [-0.15, -0.1) is 0 Å². The topological polar surface area (TPSA) is 46.6 Å². The Morgan fingerprint density at radius 2 is 1.69 bits per heavy atom. The van der Waals surface area contributed by atoms with Crippen molar-refractivity contribution in [3.63, 3.8) is 0 Å². The fourth-order valence-corrected chi connectivity index (χ4v) is 5.07. The lowest BCUT2D eigenvalue weighted by Gasteiger charge is -2.12. The van der Waals surface area contributed by atoms with Crippen LogP contribution in [-0.2, 0) is 11.3 Å². The standard InChI is InChI=1S/C18H12Br3NO3S/c1-25-16-13(20)6-11(7-14(16)21)8-15-17(23)22(18(24)26-15)9-10-2-4-12(19)5-3-10/h2-8H,9H2,1H3/b15-8-. The average molecular weight is 562 g/mol. The molecule has 0 spiro atoms. The van der Waals surface area contributed by atoms with Crippen LogP contribution in [0.3, 0.4) is 0 Å². The van der Waals surface area contributed by atoms with Gasteiger partial charge in [-0.3, -0.25) is 14.5 Å². The molecule has 0 unspecified atom stereocenters. The fourth-order valence-electron chi connectivity index (χ4n) is 2.42. The van der Waals surface area contributed by atoms with Crippen LogP contribution in [0.15, 0.2) is 54.7 Å². The van der Waals surface area contributed by atoms with E-state index in [-0.39, 0.29) is 17.7 Å². The molecule has 1 fully saturated rings. The molecule has 8 heteroatoms. The van der Waals surface area contributed by atoms with Crippen LogP contribution in [0.2, 0.25) is 0 Å². The molecule has 0 aliphatic carbocycles. The van der Waals surface area contributed by atoms with Gasteiger partial charge in [0, 0.05) is 4.47 Å². The van der Waals surface area contributed by atoms with Crippen molar-refractivity contribution in [1.82, 2.24) is 4.90 Å². The molecule has 0 bridgehead atoms. The zero-order valence-corrected chi connectivity index (χ0v) is 19.0. The van der Waals surface area contributed by atoms with Gasteiger partial charge in [0.1, 0.15) is 5.75 Å². The number of carbonyl (C=O) groups excluding carboxylic acids is 2. The predicted molar refractivity (Wildman–Crippen MR) is 114 cm³/mol. The number of carbonyl (C=O) groups is 2. The monoisotopic (exact) mass is 559 g/mol. The van der Waals surface area contributed by atoms with Crippen molar-refractivity contribution in [3.8, 4) is 5.75 Å². The predicted octanol–water partition coefficient (Wildman–Crippen LogP) is 6.22. The van der Waals surface area contributed by atoms with Gasteiger partial charge in [-0.05, 0) is 85.1 Å². The Balaban J connectivity index is 1.84. The molecule has 2 aromatic carbocycles. The number of hydrogen-bond donors (Lipinski definition) is 0. The molecular weight excluding hydrogens is 550 g/mol. The highest BCUT2D eigenvalue weighted by molar-refractivity contribution is 9.11. The first-order valence-electron chi connectivity index (χ1n) is 7.42. The SMILES string of the molecule is COc1c(Br)cc(/C=C2\SC(=O)N(Cc3ccc(Br)cc3)C2=O)cc1Br. The first-order valence-corrected chi connectivity index (χ1v) is 10.6. The number of hydrogen-bond acceptors (Lipinski definition) is 4. The Morgan fingerprint density at radius 1 is 1.08 bits per heavy atom. The van der Waals surface area contributed by atoms with E-state index in [4.69, 9.17) is 4.74 Å². The van der Waals surface area contributed by atoms with Gasteiger partial charge in [0.05, 0.1) is 27.5 Å². The Bertz CT molecular complexity index is 889. The lowest BCUT2D eigenvalue weighted by Crippen LogP contribution is -2.27. The van der Waals surface area contributed by atoms with Crippen molar-refractivity contribution < 1.29 is 14.3 Å². The third-order valence-electron chi connectivity index (χ3n) is 3.65. The van der Waals surface area contributed by atoms with E-state index in [0.717, 1.165) is 36.3 Å². The van der Waals surface area contributed by atoms with Crippen LogP contribution in [0.1, 0.15) is 11.1 Å². The van der Waals surface area contributed by atoms with Crippen LogP contribution in [0, 0.1) is 0 Å². The number of methoxy groups -OCH3 is 1. The number of halogens is 3. The van der Waals surface area contributed by atoms with Gasteiger partial charge in [-0.25, -0.2) is 0 Å². The van der Waals surface area contributed by atoms with Gasteiger partial charge in [-0.1, -0.05) is 28.1 Å². The van der Waals surface area contributed by atoms with Crippen LogP contribution in [-0.4, -0.2) is 23.2 Å². The Morgan fingerprint density at radius 3 is 2.27 bits per heavy atom. The highest BCUT2D eigenvalue weighted by Crippen LogP contribution is 2.37. The molecule has 2 amide bonds. The molecule has 26 heavy (non-hydrogen) atoms. The van der Waals surface area contributed by atoms with E-state index in [1.165, 1.54) is 4.90 Å². The molecule has 0 saturated carbocycles. The summed E-state index contributed by atoms with van der Waals surface area (Å²) in [5, 5.41) is -0.268. The largest absolute Gasteiger partial charge is 0.494 e. The van der Waals surface area contributed by atoms with Crippen molar-refractivity contribution in [3.05, 3.63) is 65.8 Å². The second kappa shape index (κ2) is 8.29. The molecule has 1 aliphatic heterocycles. The number of benzene rings is 2. The van der Waals surface area contributed by atoms with E-state index in [1.807, 2.05) is 36.4 Å². The summed E-state index contributed by atoms with van der Waals surface area (Å²) in [6, 6.07) is 11.2. The number of nitrogens with zero attached hydrogens (tertiary/aromatic N) is 1. The number of amides is 2. The second-order valence-corrected chi connectivity index (χ2v) is 9.03. The molecule has 0 N–H and O–H groups in total. The molecule has 0 radical (unpaired) electrons. The molecular formula is C18H12Br3NO3S. The smallest absolute Gasteiger partial charge is 0.293 e. The summed E-state index contributed by atoms with van der Waals surface area (Å²) in [5.41, 5.74) is 1.69. The number of thioether (sulfide) groups is 1. The maximum Gasteiger partial charge on any atom is 0.293 e. The van der Waals surface area contributed by atoms with Gasteiger partial charge < -0.3 is 4.74 Å². The Labute approximate surface area is 180 Å². The minimum absolute atomic E-state index is 0.255. The van der Waals surface area contributed by atoms with E-state index >= 15 is 0 Å². The van der Waals surface area contributed by atoms with Crippen molar-refractivity contribution >= 4 is 76.8 Å². The Kier molecular flexibility index (Phi) is 6.27. The first-order chi connectivity index (χ1) is 12.4. The highest BCUT2D eigenvalue weighted by atomic mass is 79.9. The van der Waals surface area contributed by atoms with Crippen LogP contribution in [0.25, 0.3) is 6.08 Å². The van der Waals surface area contributed by atoms with Gasteiger partial charge >= 0.3 is 0 Å². The fraction of sp³-hybridized carbons (Fsp3) is 0.111. The first kappa shape index (κ1) is 19.7. The van der Waals surface area contributed by atoms with Crippen LogP contribution in [0.4, 0.5) is 4.79 Å². The van der Waals surface area contributed by atoms with Crippen molar-refractivity contribution in [2.24, 2.45) is 0 Å². The maximum atomic E-state index is 12.6. The highest BCUT2D eigenvalue weighted by Gasteiger charge is 2.35. The summed E-state index contributed by atoms with van der Waals surface area (Å²) in [5.74, 6) is 0.386. The van der Waals surface area contributed by atoms with Gasteiger partial charge in [0.15, 0.2) is 0 Å². The summed E-state index contributed by atoms with van der Waals surface area (Å²) in [7, 11) is 1.58. The van der Waals surface area contributed by atoms with Gasteiger partial charge in [0.25, 0.3) is 11.1 Å². The average Bonchev–Trinajstić information content (AvgIpc) is 2.84. The summed E-state index contributed by atoms with van der Waals surface area (Å²) in [6.45, 7) is 0.255. The van der Waals surface area contributed by atoms with Gasteiger partial charge in [0.2, 0.25) is 0 Å². The molecule has 1 heterocycles. The molecule has 1 aliphatic rings. The molecule has 2 aromatic rings. The summed E-state index contributed by atoms with van der Waals surface area (Å²) >= 11 is 11.2. The normalized spacial score (nSPS) is 15.8. The zero-order valence-electron chi connectivity index (χ0n) is 13.5. The van der Waals surface area contributed by atoms with E-state index in [2.05, 4.69) is 47.8 Å². The Hall–Kier alpha value is -1.09. The third kappa shape index (κ3) is 4.24. The van der Waals surface area contributed by atoms with Crippen molar-refractivity contribution in [2.75, 3.05) is 7.11 Å².